The Morgan fingerprint density at radius 2 is 1.93 bits per heavy atom. The molecule has 2 aromatic heterocycles. The van der Waals surface area contributed by atoms with Crippen LogP contribution in [0.1, 0.15) is 46.7 Å². The first kappa shape index (κ1) is 28.9. The number of carboxylic acids is 1. The lowest BCUT2D eigenvalue weighted by Gasteiger charge is -2.35. The van der Waals surface area contributed by atoms with Crippen LogP contribution in [0, 0.1) is 0 Å². The van der Waals surface area contributed by atoms with Crippen LogP contribution in [0.4, 0.5) is 0 Å². The zero-order chi connectivity index (χ0) is 29.2. The Bertz CT molecular complexity index is 1590. The maximum atomic E-state index is 11.6. The fourth-order valence-electron chi connectivity index (χ4n) is 5.28. The molecule has 2 fully saturated rings. The average molecular weight is 625 g/mol. The van der Waals surface area contributed by atoms with E-state index in [2.05, 4.69) is 24.7 Å². The number of hydrogen-bond acceptors (Lipinski definition) is 7. The van der Waals surface area contributed by atoms with Crippen molar-refractivity contribution in [1.29, 1.82) is 0 Å². The van der Waals surface area contributed by atoms with Crippen molar-refractivity contribution in [3.63, 3.8) is 0 Å². The second-order valence-electron chi connectivity index (χ2n) is 10.5. The van der Waals surface area contributed by atoms with Gasteiger partial charge in [0, 0.05) is 42.6 Å². The number of benzene rings is 2. The molecule has 2 aliphatic heterocycles. The smallest absolute Gasteiger partial charge is 0.335 e. The van der Waals surface area contributed by atoms with Crippen molar-refractivity contribution in [3.05, 3.63) is 81.7 Å². The standard InChI is InChI=1S/C30H29Cl2N4O5Si/c31-20-2-4-25(22(32)15-20)40-17-18-5-9-33-28(13-18)41-21-6-10-35(11-7-21)16-27-34-23-3-1-19(30(37)38)14-24(23)36(27)29(42)26-8-12-39-26/h1-5,9,13-15,21,26,29H,6-8,10-12,16-17H2,(H,37,38)/t26?,29-/m0/s1. The summed E-state index contributed by atoms with van der Waals surface area (Å²) in [4.78, 5) is 23.3. The molecule has 0 saturated carbocycles. The molecule has 0 aliphatic carbocycles. The second-order valence-corrected chi connectivity index (χ2v) is 11.9. The lowest BCUT2D eigenvalue weighted by molar-refractivity contribution is -0.0632. The minimum absolute atomic E-state index is 0.0160. The zero-order valence-electron chi connectivity index (χ0n) is 22.7. The van der Waals surface area contributed by atoms with E-state index < -0.39 is 5.97 Å². The van der Waals surface area contributed by atoms with E-state index >= 15 is 0 Å². The number of carbonyl (C=O) groups is 1. The van der Waals surface area contributed by atoms with Crippen molar-refractivity contribution < 1.29 is 24.1 Å². The Hall–Kier alpha value is -3.15. The van der Waals surface area contributed by atoms with Crippen LogP contribution >= 0.6 is 23.2 Å². The van der Waals surface area contributed by atoms with Gasteiger partial charge >= 0.3 is 5.97 Å². The molecule has 0 spiro atoms. The monoisotopic (exact) mass is 623 g/mol. The van der Waals surface area contributed by atoms with Crippen LogP contribution < -0.4 is 9.47 Å². The maximum Gasteiger partial charge on any atom is 0.335 e. The van der Waals surface area contributed by atoms with Crippen LogP contribution in [-0.4, -0.2) is 72.7 Å². The van der Waals surface area contributed by atoms with E-state index in [-0.39, 0.29) is 23.4 Å². The van der Waals surface area contributed by atoms with Gasteiger partial charge in [0.05, 0.1) is 44.5 Å². The van der Waals surface area contributed by atoms with Crippen molar-refractivity contribution in [2.75, 3.05) is 19.7 Å². The summed E-state index contributed by atoms with van der Waals surface area (Å²) >= 11 is 12.2. The Balaban J connectivity index is 1.08. The highest BCUT2D eigenvalue weighted by molar-refractivity contribution is 6.35. The molecular weight excluding hydrogens is 595 g/mol. The third-order valence-electron chi connectivity index (χ3n) is 7.65. The Kier molecular flexibility index (Phi) is 8.69. The quantitative estimate of drug-likeness (QED) is 0.231. The lowest BCUT2D eigenvalue weighted by atomic mass is 10.1. The van der Waals surface area contributed by atoms with Gasteiger partial charge in [-0.2, -0.15) is 0 Å². The first-order chi connectivity index (χ1) is 20.3. The molecule has 12 heteroatoms. The lowest BCUT2D eigenvalue weighted by Crippen LogP contribution is -2.40. The minimum Gasteiger partial charge on any atom is -0.487 e. The van der Waals surface area contributed by atoms with Crippen LogP contribution in [0.3, 0.4) is 0 Å². The van der Waals surface area contributed by atoms with E-state index in [4.69, 9.17) is 42.4 Å². The number of aromatic nitrogens is 3. The molecule has 6 rings (SSSR count). The Labute approximate surface area is 256 Å². The molecule has 2 atom stereocenters. The van der Waals surface area contributed by atoms with Crippen molar-refractivity contribution in [3.8, 4) is 11.6 Å². The number of ether oxygens (including phenoxy) is 3. The van der Waals surface area contributed by atoms with Gasteiger partial charge in [0.15, 0.2) is 0 Å². The number of nitrogens with zero attached hydrogens (tertiary/aromatic N) is 4. The molecule has 4 aromatic rings. The first-order valence-electron chi connectivity index (χ1n) is 13.8. The summed E-state index contributed by atoms with van der Waals surface area (Å²) < 4.78 is 19.9. The summed E-state index contributed by atoms with van der Waals surface area (Å²) in [5.74, 6) is 1.04. The molecule has 0 amide bonds. The van der Waals surface area contributed by atoms with Crippen LogP contribution in [0.25, 0.3) is 11.0 Å². The highest BCUT2D eigenvalue weighted by Gasteiger charge is 2.30. The highest BCUT2D eigenvalue weighted by Crippen LogP contribution is 2.31. The Morgan fingerprint density at radius 3 is 2.64 bits per heavy atom. The zero-order valence-corrected chi connectivity index (χ0v) is 25.2. The summed E-state index contributed by atoms with van der Waals surface area (Å²) in [6.07, 6.45) is 4.40. The number of rotatable bonds is 10. The van der Waals surface area contributed by atoms with Gasteiger partial charge in [-0.25, -0.2) is 14.8 Å². The van der Waals surface area contributed by atoms with Gasteiger partial charge in [-0.3, -0.25) is 4.90 Å². The number of hydrogen-bond donors (Lipinski definition) is 1. The molecule has 2 aromatic carbocycles. The number of likely N-dealkylation sites (tertiary alicyclic amines) is 1. The van der Waals surface area contributed by atoms with Gasteiger partial charge in [-0.15, -0.1) is 0 Å². The van der Waals surface area contributed by atoms with E-state index in [0.29, 0.717) is 34.8 Å². The van der Waals surface area contributed by atoms with Gasteiger partial charge in [-0.1, -0.05) is 23.2 Å². The van der Waals surface area contributed by atoms with E-state index in [1.807, 2.05) is 12.1 Å². The number of aromatic carboxylic acids is 1. The minimum atomic E-state index is -0.961. The maximum absolute atomic E-state index is 11.6. The average Bonchev–Trinajstić information content (AvgIpc) is 3.30. The number of piperidine rings is 1. The summed E-state index contributed by atoms with van der Waals surface area (Å²) in [5, 5.41) is 10.6. The van der Waals surface area contributed by atoms with Gasteiger partial charge in [0.1, 0.15) is 24.3 Å². The summed E-state index contributed by atoms with van der Waals surface area (Å²) in [7, 11) is 3.87. The molecule has 217 valence electrons. The molecule has 9 nitrogen and oxygen atoms in total. The van der Waals surface area contributed by atoms with E-state index in [1.54, 1.807) is 42.6 Å². The van der Waals surface area contributed by atoms with Gasteiger partial charge in [-0.05, 0) is 67.3 Å². The number of pyridine rings is 1. The third kappa shape index (κ3) is 6.42. The first-order valence-corrected chi connectivity index (χ1v) is 15.2. The SMILES string of the molecule is O=C(O)c1ccc2nc(CN3CCC(Oc4cc(COc5ccc(Cl)cc5Cl)ccn4)CC3)n([C@@H]([Si])C3CCO3)c2c1. The number of carboxylic acid groups (broad SMARTS) is 1. The third-order valence-corrected chi connectivity index (χ3v) is 8.81. The van der Waals surface area contributed by atoms with Crippen molar-refractivity contribution in [1.82, 2.24) is 19.4 Å². The largest absolute Gasteiger partial charge is 0.487 e. The van der Waals surface area contributed by atoms with Crippen molar-refractivity contribution in [2.24, 2.45) is 0 Å². The van der Waals surface area contributed by atoms with Crippen LogP contribution in [0.2, 0.25) is 10.0 Å². The van der Waals surface area contributed by atoms with Crippen molar-refractivity contribution in [2.45, 2.75) is 50.3 Å². The molecule has 1 unspecified atom stereocenters. The summed E-state index contributed by atoms with van der Waals surface area (Å²) in [6.45, 7) is 3.35. The van der Waals surface area contributed by atoms with E-state index in [9.17, 15) is 9.90 Å². The topological polar surface area (TPSA) is 98.9 Å². The molecule has 2 aliphatic rings. The fraction of sp³-hybridized carbons (Fsp3) is 0.367. The molecule has 4 heterocycles. The number of halogens is 2. The number of imidazole rings is 1. The van der Waals surface area contributed by atoms with Crippen LogP contribution in [0.5, 0.6) is 11.6 Å². The van der Waals surface area contributed by atoms with Gasteiger partial charge < -0.3 is 23.9 Å². The summed E-state index contributed by atoms with van der Waals surface area (Å²) in [6, 6.07) is 14.0. The predicted octanol–water partition coefficient (Wildman–Crippen LogP) is 5.51. The van der Waals surface area contributed by atoms with E-state index in [1.165, 1.54) is 0 Å². The fourth-order valence-corrected chi connectivity index (χ4v) is 6.30. The Morgan fingerprint density at radius 1 is 1.12 bits per heavy atom. The number of fused-ring (bicyclic) bond motifs is 1. The molecular formula is C30H29Cl2N4O5Si. The van der Waals surface area contributed by atoms with Crippen LogP contribution in [-0.2, 0) is 17.9 Å². The second kappa shape index (κ2) is 12.6. The van der Waals surface area contributed by atoms with Gasteiger partial charge in [0.25, 0.3) is 0 Å². The van der Waals surface area contributed by atoms with Gasteiger partial charge in [0.2, 0.25) is 5.88 Å². The highest BCUT2D eigenvalue weighted by atomic mass is 35.5. The van der Waals surface area contributed by atoms with Crippen molar-refractivity contribution >= 4 is 50.4 Å². The molecule has 3 radical (unpaired) electrons. The molecule has 42 heavy (non-hydrogen) atoms. The molecule has 1 N–H and O–H groups in total. The van der Waals surface area contributed by atoms with E-state index in [0.717, 1.165) is 61.4 Å². The molecule has 0 bridgehead atoms. The predicted molar refractivity (Wildman–Crippen MR) is 160 cm³/mol. The van der Waals surface area contributed by atoms with Crippen LogP contribution in [0.15, 0.2) is 54.7 Å². The molecule has 2 saturated heterocycles. The summed E-state index contributed by atoms with van der Waals surface area (Å²) in [5.41, 5.74) is 2.57. The normalized spacial score (nSPS) is 18.5.